The van der Waals surface area contributed by atoms with Gasteiger partial charge in [0.1, 0.15) is 5.69 Å². The highest BCUT2D eigenvalue weighted by Gasteiger charge is 2.20. The first-order valence-electron chi connectivity index (χ1n) is 4.75. The molecular weight excluding hydrogens is 312 g/mol. The van der Waals surface area contributed by atoms with Crippen LogP contribution in [0.5, 0.6) is 0 Å². The number of rotatable bonds is 2. The summed E-state index contributed by atoms with van der Waals surface area (Å²) in [6, 6.07) is 1.33. The number of halogens is 3. The Morgan fingerprint density at radius 1 is 1.39 bits per heavy atom. The zero-order valence-corrected chi connectivity index (χ0v) is 10.6. The summed E-state index contributed by atoms with van der Waals surface area (Å²) in [6.45, 7) is 1.66. The number of imidazole rings is 1. The number of nitro groups is 1. The van der Waals surface area contributed by atoms with E-state index in [1.54, 1.807) is 6.92 Å². The predicted octanol–water partition coefficient (Wildman–Crippen LogP) is 3.13. The summed E-state index contributed by atoms with van der Waals surface area (Å²) in [5, 5.41) is 10.5. The van der Waals surface area contributed by atoms with Gasteiger partial charge in [-0.25, -0.2) is 13.8 Å². The molecule has 2 rings (SSSR count). The number of nitro benzene ring substituents is 1. The Labute approximate surface area is 108 Å². The largest absolute Gasteiger partial charge is 0.289 e. The minimum absolute atomic E-state index is 0.214. The van der Waals surface area contributed by atoms with Crippen molar-refractivity contribution >= 4 is 21.6 Å². The van der Waals surface area contributed by atoms with Crippen molar-refractivity contribution in [1.29, 1.82) is 0 Å². The molecule has 0 N–H and O–H groups in total. The van der Waals surface area contributed by atoms with Gasteiger partial charge in [0.2, 0.25) is 0 Å². The van der Waals surface area contributed by atoms with Crippen molar-refractivity contribution in [1.82, 2.24) is 9.55 Å². The Morgan fingerprint density at radius 2 is 1.94 bits per heavy atom. The molecule has 1 aromatic heterocycles. The number of aryl methyl sites for hydroxylation is 1. The molecule has 0 saturated heterocycles. The molecule has 0 saturated carbocycles. The fourth-order valence-electron chi connectivity index (χ4n) is 1.51. The van der Waals surface area contributed by atoms with Crippen molar-refractivity contribution in [3.63, 3.8) is 0 Å². The Bertz CT molecular complexity index is 619. The van der Waals surface area contributed by atoms with E-state index in [1.807, 2.05) is 0 Å². The molecule has 0 spiro atoms. The fourth-order valence-corrected chi connectivity index (χ4v) is 2.07. The van der Waals surface area contributed by atoms with Crippen LogP contribution in [0.3, 0.4) is 0 Å². The maximum atomic E-state index is 13.7. The van der Waals surface area contributed by atoms with Gasteiger partial charge in [-0.1, -0.05) is 0 Å². The van der Waals surface area contributed by atoms with E-state index < -0.39 is 27.9 Å². The lowest BCUT2D eigenvalue weighted by Crippen LogP contribution is -2.02. The minimum Gasteiger partial charge on any atom is -0.289 e. The topological polar surface area (TPSA) is 61.0 Å². The normalized spacial score (nSPS) is 10.7. The Hall–Kier alpha value is -1.83. The highest BCUT2D eigenvalue weighted by atomic mass is 79.9. The lowest BCUT2D eigenvalue weighted by Gasteiger charge is -2.06. The molecule has 5 nitrogen and oxygen atoms in total. The van der Waals surface area contributed by atoms with Crippen LogP contribution in [0.2, 0.25) is 0 Å². The average Bonchev–Trinajstić information content (AvgIpc) is 2.56. The molecule has 0 bridgehead atoms. The number of hydrogen-bond acceptors (Lipinski definition) is 3. The van der Waals surface area contributed by atoms with Crippen LogP contribution in [0, 0.1) is 28.7 Å². The summed E-state index contributed by atoms with van der Waals surface area (Å²) in [5.74, 6) is -2.06. The summed E-state index contributed by atoms with van der Waals surface area (Å²) >= 11 is 3.05. The zero-order chi connectivity index (χ0) is 13.4. The third-order valence-electron chi connectivity index (χ3n) is 2.24. The lowest BCUT2D eigenvalue weighted by atomic mass is 10.2. The second-order valence-corrected chi connectivity index (χ2v) is 4.25. The fraction of sp³-hybridized carbons (Fsp3) is 0.100. The van der Waals surface area contributed by atoms with E-state index in [9.17, 15) is 18.9 Å². The van der Waals surface area contributed by atoms with Gasteiger partial charge in [0, 0.05) is 6.20 Å². The van der Waals surface area contributed by atoms with Crippen molar-refractivity contribution in [2.45, 2.75) is 6.92 Å². The van der Waals surface area contributed by atoms with Crippen molar-refractivity contribution in [2.75, 3.05) is 0 Å². The van der Waals surface area contributed by atoms with Gasteiger partial charge in [0.25, 0.3) is 5.69 Å². The van der Waals surface area contributed by atoms with Gasteiger partial charge in [0.15, 0.2) is 16.4 Å². The first-order chi connectivity index (χ1) is 8.40. The standard InChI is InChI=1S/C10H6BrF2N3O2/c1-5-4-15(10(11)14-5)9-7(12)2-6(16(17)18)3-8(9)13/h2-4H,1H3. The van der Waals surface area contributed by atoms with Crippen LogP contribution in [0.25, 0.3) is 5.69 Å². The summed E-state index contributed by atoms with van der Waals surface area (Å²) in [4.78, 5) is 13.6. The van der Waals surface area contributed by atoms with Gasteiger partial charge in [-0.3, -0.25) is 14.7 Å². The second-order valence-electron chi connectivity index (χ2n) is 3.54. The van der Waals surface area contributed by atoms with E-state index in [2.05, 4.69) is 20.9 Å². The van der Waals surface area contributed by atoms with Crippen molar-refractivity contribution < 1.29 is 13.7 Å². The Kier molecular flexibility index (Phi) is 3.12. The maximum absolute atomic E-state index is 13.7. The number of hydrogen-bond donors (Lipinski definition) is 0. The molecule has 2 aromatic rings. The molecule has 8 heteroatoms. The average molecular weight is 318 g/mol. The molecule has 0 unspecified atom stereocenters. The first kappa shape index (κ1) is 12.6. The van der Waals surface area contributed by atoms with Gasteiger partial charge < -0.3 is 0 Å². The van der Waals surface area contributed by atoms with Crippen LogP contribution >= 0.6 is 15.9 Å². The maximum Gasteiger partial charge on any atom is 0.275 e. The molecule has 1 heterocycles. The molecule has 0 aliphatic carbocycles. The SMILES string of the molecule is Cc1cn(-c2c(F)cc([N+](=O)[O-])cc2F)c(Br)n1. The van der Waals surface area contributed by atoms with Crippen LogP contribution < -0.4 is 0 Å². The number of benzene rings is 1. The number of non-ortho nitro benzene ring substituents is 1. The zero-order valence-electron chi connectivity index (χ0n) is 9.02. The predicted molar refractivity (Wildman–Crippen MR) is 62.6 cm³/mol. The second kappa shape index (κ2) is 4.45. The Balaban J connectivity index is 2.66. The highest BCUT2D eigenvalue weighted by molar-refractivity contribution is 9.10. The molecule has 18 heavy (non-hydrogen) atoms. The Morgan fingerprint density at radius 3 is 2.33 bits per heavy atom. The van der Waals surface area contributed by atoms with Gasteiger partial charge in [-0.2, -0.15) is 0 Å². The summed E-state index contributed by atoms with van der Waals surface area (Å²) in [6.07, 6.45) is 1.41. The number of nitrogens with zero attached hydrogens (tertiary/aromatic N) is 3. The van der Waals surface area contributed by atoms with Gasteiger partial charge >= 0.3 is 0 Å². The van der Waals surface area contributed by atoms with E-state index >= 15 is 0 Å². The molecule has 0 radical (unpaired) electrons. The summed E-state index contributed by atoms with van der Waals surface area (Å²) in [5.41, 5.74) is -0.492. The van der Waals surface area contributed by atoms with Crippen LogP contribution in [0.4, 0.5) is 14.5 Å². The molecule has 0 fully saturated rings. The molecule has 94 valence electrons. The van der Waals surface area contributed by atoms with Crippen LogP contribution in [-0.4, -0.2) is 14.5 Å². The van der Waals surface area contributed by atoms with Crippen LogP contribution in [0.15, 0.2) is 23.1 Å². The molecular formula is C10H6BrF2N3O2. The third-order valence-corrected chi connectivity index (χ3v) is 2.80. The number of aromatic nitrogens is 2. The van der Waals surface area contributed by atoms with E-state index in [0.29, 0.717) is 17.8 Å². The lowest BCUT2D eigenvalue weighted by molar-refractivity contribution is -0.385. The van der Waals surface area contributed by atoms with Crippen LogP contribution in [0.1, 0.15) is 5.69 Å². The highest BCUT2D eigenvalue weighted by Crippen LogP contribution is 2.26. The molecule has 0 atom stereocenters. The van der Waals surface area contributed by atoms with Gasteiger partial charge in [-0.05, 0) is 22.9 Å². The molecule has 1 aromatic carbocycles. The monoisotopic (exact) mass is 317 g/mol. The summed E-state index contributed by atoms with van der Waals surface area (Å²) in [7, 11) is 0. The van der Waals surface area contributed by atoms with Gasteiger partial charge in [0.05, 0.1) is 22.7 Å². The smallest absolute Gasteiger partial charge is 0.275 e. The van der Waals surface area contributed by atoms with Crippen LogP contribution in [-0.2, 0) is 0 Å². The van der Waals surface area contributed by atoms with Crippen molar-refractivity contribution in [2.24, 2.45) is 0 Å². The van der Waals surface area contributed by atoms with E-state index in [1.165, 1.54) is 6.20 Å². The molecule has 0 amide bonds. The summed E-state index contributed by atoms with van der Waals surface area (Å²) < 4.78 is 28.8. The van der Waals surface area contributed by atoms with Gasteiger partial charge in [-0.15, -0.1) is 0 Å². The van der Waals surface area contributed by atoms with Crippen molar-refractivity contribution in [3.8, 4) is 5.69 Å². The molecule has 0 aliphatic heterocycles. The molecule has 0 aliphatic rings. The van der Waals surface area contributed by atoms with E-state index in [-0.39, 0.29) is 4.73 Å². The van der Waals surface area contributed by atoms with Crippen molar-refractivity contribution in [3.05, 3.63) is 50.5 Å². The van der Waals surface area contributed by atoms with E-state index in [4.69, 9.17) is 0 Å². The first-order valence-corrected chi connectivity index (χ1v) is 5.54. The van der Waals surface area contributed by atoms with E-state index in [0.717, 1.165) is 4.57 Å². The third kappa shape index (κ3) is 2.10. The minimum atomic E-state index is -1.03. The quantitative estimate of drug-likeness (QED) is 0.631.